The summed E-state index contributed by atoms with van der Waals surface area (Å²) in [6, 6.07) is 5.88. The van der Waals surface area contributed by atoms with Gasteiger partial charge in [0.15, 0.2) is 0 Å². The lowest BCUT2D eigenvalue weighted by Crippen LogP contribution is -2.50. The lowest BCUT2D eigenvalue weighted by atomic mass is 10.1. The molecule has 25 heavy (non-hydrogen) atoms. The predicted octanol–water partition coefficient (Wildman–Crippen LogP) is 1.93. The van der Waals surface area contributed by atoms with Crippen LogP contribution in [-0.2, 0) is 0 Å². The number of aromatic nitrogens is 2. The maximum absolute atomic E-state index is 13.7. The van der Waals surface area contributed by atoms with Gasteiger partial charge < -0.3 is 14.2 Å². The second kappa shape index (κ2) is 7.00. The van der Waals surface area contributed by atoms with Crippen molar-refractivity contribution in [2.75, 3.05) is 26.2 Å². The fourth-order valence-electron chi connectivity index (χ4n) is 2.61. The minimum Gasteiger partial charge on any atom is -0.417 e. The van der Waals surface area contributed by atoms with Crippen LogP contribution < -0.4 is 0 Å². The largest absolute Gasteiger partial charge is 0.417 e. The lowest BCUT2D eigenvalue weighted by molar-refractivity contribution is 0.0510. The van der Waals surface area contributed by atoms with Crippen molar-refractivity contribution >= 4 is 11.8 Å². The molecule has 0 spiro atoms. The fraction of sp³-hybridized carbons (Fsp3) is 0.412. The molecule has 1 aliphatic rings. The lowest BCUT2D eigenvalue weighted by Gasteiger charge is -2.34. The Kier molecular flexibility index (Phi) is 4.78. The van der Waals surface area contributed by atoms with Crippen molar-refractivity contribution in [1.82, 2.24) is 20.0 Å². The van der Waals surface area contributed by atoms with Crippen LogP contribution in [0.1, 0.15) is 46.7 Å². The van der Waals surface area contributed by atoms with E-state index in [1.54, 1.807) is 17.0 Å². The third-order valence-corrected chi connectivity index (χ3v) is 4.08. The van der Waals surface area contributed by atoms with Gasteiger partial charge >= 0.3 is 11.8 Å². The van der Waals surface area contributed by atoms with Gasteiger partial charge in [-0.3, -0.25) is 9.59 Å². The van der Waals surface area contributed by atoms with Crippen molar-refractivity contribution in [2.24, 2.45) is 0 Å². The van der Waals surface area contributed by atoms with Crippen LogP contribution >= 0.6 is 0 Å². The number of hydrogen-bond donors (Lipinski definition) is 0. The van der Waals surface area contributed by atoms with Crippen LogP contribution in [0, 0.1) is 5.82 Å². The molecule has 2 heterocycles. The Hall–Kier alpha value is -2.77. The molecule has 0 atom stereocenters. The molecule has 1 aromatic heterocycles. The van der Waals surface area contributed by atoms with Crippen LogP contribution in [0.15, 0.2) is 28.7 Å². The molecule has 0 saturated carbocycles. The molecule has 0 aliphatic carbocycles. The van der Waals surface area contributed by atoms with Crippen LogP contribution in [-0.4, -0.2) is 58.0 Å². The van der Waals surface area contributed by atoms with Gasteiger partial charge in [-0.15, -0.1) is 10.2 Å². The number of piperazine rings is 1. The quantitative estimate of drug-likeness (QED) is 0.848. The van der Waals surface area contributed by atoms with Crippen molar-refractivity contribution in [3.8, 4) is 0 Å². The summed E-state index contributed by atoms with van der Waals surface area (Å²) in [5.74, 6) is -0.848. The first-order chi connectivity index (χ1) is 12.0. The average molecular weight is 346 g/mol. The Labute approximate surface area is 144 Å². The summed E-state index contributed by atoms with van der Waals surface area (Å²) in [6.45, 7) is 5.11. The number of carbonyl (C=O) groups excluding carboxylic acids is 2. The van der Waals surface area contributed by atoms with Gasteiger partial charge in [-0.25, -0.2) is 4.39 Å². The molecule has 0 unspecified atom stereocenters. The van der Waals surface area contributed by atoms with Crippen LogP contribution in [0.3, 0.4) is 0 Å². The Morgan fingerprint density at radius 3 is 2.20 bits per heavy atom. The van der Waals surface area contributed by atoms with Crippen LogP contribution in [0.5, 0.6) is 0 Å². The number of benzene rings is 1. The van der Waals surface area contributed by atoms with Crippen LogP contribution in [0.25, 0.3) is 0 Å². The molecule has 1 aliphatic heterocycles. The normalized spacial score (nSPS) is 14.9. The number of rotatable bonds is 3. The maximum atomic E-state index is 13.7. The number of carbonyl (C=O) groups is 2. The van der Waals surface area contributed by atoms with E-state index in [2.05, 4.69) is 10.2 Å². The summed E-state index contributed by atoms with van der Waals surface area (Å²) in [5, 5.41) is 7.64. The first-order valence-electron chi connectivity index (χ1n) is 8.14. The predicted molar refractivity (Wildman–Crippen MR) is 86.6 cm³/mol. The molecule has 8 heteroatoms. The monoisotopic (exact) mass is 346 g/mol. The Morgan fingerprint density at radius 1 is 1.04 bits per heavy atom. The van der Waals surface area contributed by atoms with E-state index in [1.165, 1.54) is 17.0 Å². The Bertz CT molecular complexity index is 782. The van der Waals surface area contributed by atoms with E-state index in [-0.39, 0.29) is 29.2 Å². The molecule has 0 N–H and O–H groups in total. The molecular formula is C17H19FN4O3. The third kappa shape index (κ3) is 3.52. The summed E-state index contributed by atoms with van der Waals surface area (Å²) in [6.07, 6.45) is 0. The molecule has 1 saturated heterocycles. The SMILES string of the molecule is CC(C)c1nnc(C(=O)N2CCN(C(=O)c3ccccc3F)CC2)o1. The summed E-state index contributed by atoms with van der Waals surface area (Å²) in [4.78, 5) is 27.9. The zero-order chi connectivity index (χ0) is 18.0. The smallest absolute Gasteiger partial charge is 0.311 e. The first-order valence-corrected chi connectivity index (χ1v) is 8.14. The number of amides is 2. The van der Waals surface area contributed by atoms with E-state index >= 15 is 0 Å². The number of nitrogens with zero attached hydrogens (tertiary/aromatic N) is 4. The molecule has 3 rings (SSSR count). The standard InChI is InChI=1S/C17H19FN4O3/c1-11(2)14-19-20-15(25-14)17(24)22-9-7-21(8-10-22)16(23)12-5-3-4-6-13(12)18/h3-6,11H,7-10H2,1-2H3. The fourth-order valence-corrected chi connectivity index (χ4v) is 2.61. The minimum atomic E-state index is -0.543. The highest BCUT2D eigenvalue weighted by atomic mass is 19.1. The van der Waals surface area contributed by atoms with Gasteiger partial charge in [0.1, 0.15) is 5.82 Å². The number of hydrogen-bond acceptors (Lipinski definition) is 5. The average Bonchev–Trinajstić information content (AvgIpc) is 3.11. The molecule has 132 valence electrons. The first kappa shape index (κ1) is 17.1. The van der Waals surface area contributed by atoms with Gasteiger partial charge in [-0.05, 0) is 12.1 Å². The summed E-state index contributed by atoms with van der Waals surface area (Å²) in [7, 11) is 0. The summed E-state index contributed by atoms with van der Waals surface area (Å²) < 4.78 is 19.1. The van der Waals surface area contributed by atoms with E-state index in [4.69, 9.17) is 4.42 Å². The second-order valence-corrected chi connectivity index (χ2v) is 6.16. The zero-order valence-electron chi connectivity index (χ0n) is 14.1. The summed E-state index contributed by atoms with van der Waals surface area (Å²) in [5.41, 5.74) is 0.0424. The molecule has 1 fully saturated rings. The molecule has 1 aromatic carbocycles. The zero-order valence-corrected chi connectivity index (χ0v) is 14.1. The number of halogens is 1. The molecule has 0 radical (unpaired) electrons. The van der Waals surface area contributed by atoms with Crippen molar-refractivity contribution in [3.63, 3.8) is 0 Å². The van der Waals surface area contributed by atoms with Crippen LogP contribution in [0.2, 0.25) is 0 Å². The Morgan fingerprint density at radius 2 is 1.64 bits per heavy atom. The van der Waals surface area contributed by atoms with E-state index in [1.807, 2.05) is 13.8 Å². The van der Waals surface area contributed by atoms with Gasteiger partial charge in [-0.1, -0.05) is 26.0 Å². The minimum absolute atomic E-state index is 0.0424. The van der Waals surface area contributed by atoms with Crippen molar-refractivity contribution in [1.29, 1.82) is 0 Å². The van der Waals surface area contributed by atoms with Gasteiger partial charge in [0.2, 0.25) is 5.89 Å². The highest BCUT2D eigenvalue weighted by Crippen LogP contribution is 2.16. The van der Waals surface area contributed by atoms with Gasteiger partial charge in [0.25, 0.3) is 5.91 Å². The molecular weight excluding hydrogens is 327 g/mol. The van der Waals surface area contributed by atoms with Crippen LogP contribution in [0.4, 0.5) is 4.39 Å². The van der Waals surface area contributed by atoms with Crippen molar-refractivity contribution in [3.05, 3.63) is 47.4 Å². The van der Waals surface area contributed by atoms with E-state index < -0.39 is 5.82 Å². The maximum Gasteiger partial charge on any atom is 0.311 e. The van der Waals surface area contributed by atoms with Crippen molar-refractivity contribution < 1.29 is 18.4 Å². The third-order valence-electron chi connectivity index (χ3n) is 4.08. The molecule has 2 aromatic rings. The molecule has 2 amide bonds. The molecule has 7 nitrogen and oxygen atoms in total. The van der Waals surface area contributed by atoms with Crippen molar-refractivity contribution in [2.45, 2.75) is 19.8 Å². The van der Waals surface area contributed by atoms with E-state index in [9.17, 15) is 14.0 Å². The molecule has 0 bridgehead atoms. The highest BCUT2D eigenvalue weighted by Gasteiger charge is 2.29. The topological polar surface area (TPSA) is 79.5 Å². The van der Waals surface area contributed by atoms with Gasteiger partial charge in [0, 0.05) is 32.1 Å². The highest BCUT2D eigenvalue weighted by molar-refractivity contribution is 5.95. The summed E-state index contributed by atoms with van der Waals surface area (Å²) >= 11 is 0. The van der Waals surface area contributed by atoms with E-state index in [0.29, 0.717) is 32.1 Å². The Balaban J connectivity index is 1.62. The van der Waals surface area contributed by atoms with Gasteiger partial charge in [-0.2, -0.15) is 0 Å². The van der Waals surface area contributed by atoms with Gasteiger partial charge in [0.05, 0.1) is 5.56 Å². The second-order valence-electron chi connectivity index (χ2n) is 6.16. The van der Waals surface area contributed by atoms with E-state index in [0.717, 1.165) is 0 Å².